The van der Waals surface area contributed by atoms with E-state index in [9.17, 15) is 0 Å². The van der Waals surface area contributed by atoms with Gasteiger partial charge in [0.25, 0.3) is 0 Å². The summed E-state index contributed by atoms with van der Waals surface area (Å²) in [5.74, 6) is 0. The fourth-order valence-corrected chi connectivity index (χ4v) is 3.43. The van der Waals surface area contributed by atoms with Crippen molar-refractivity contribution in [2.45, 2.75) is 20.3 Å². The van der Waals surface area contributed by atoms with Crippen molar-refractivity contribution in [2.75, 3.05) is 4.90 Å². The van der Waals surface area contributed by atoms with Crippen LogP contribution in [-0.4, -0.2) is 5.71 Å². The number of para-hydroxylation sites is 1. The van der Waals surface area contributed by atoms with E-state index >= 15 is 0 Å². The van der Waals surface area contributed by atoms with Gasteiger partial charge in [0.05, 0.1) is 22.8 Å². The zero-order valence-electron chi connectivity index (χ0n) is 13.5. The number of fused-ring (bicyclic) bond motifs is 2. The van der Waals surface area contributed by atoms with E-state index in [-0.39, 0.29) is 0 Å². The Labute approximate surface area is 151 Å². The van der Waals surface area contributed by atoms with E-state index in [0.717, 1.165) is 56.1 Å². The number of hydrogen-bond acceptors (Lipinski definition) is 2. The fraction of sp³-hybridized carbons (Fsp3) is 0.150. The highest BCUT2D eigenvalue weighted by Gasteiger charge is 2.29. The van der Waals surface area contributed by atoms with Gasteiger partial charge in [0.1, 0.15) is 0 Å². The average Bonchev–Trinajstić information content (AvgIpc) is 2.57. The molecular formula is C20H16Cl2N2. The molecule has 0 amide bonds. The molecule has 1 aliphatic carbocycles. The largest absolute Gasteiger partial charge is 0.306 e. The molecule has 1 heterocycles. The van der Waals surface area contributed by atoms with Gasteiger partial charge in [-0.1, -0.05) is 41.4 Å². The van der Waals surface area contributed by atoms with Crippen molar-refractivity contribution in [3.8, 4) is 0 Å². The molecule has 2 aromatic rings. The zero-order chi connectivity index (χ0) is 16.8. The Morgan fingerprint density at radius 1 is 1.04 bits per heavy atom. The fourth-order valence-electron chi connectivity index (χ4n) is 3.10. The molecule has 120 valence electrons. The monoisotopic (exact) mass is 354 g/mol. The van der Waals surface area contributed by atoms with Crippen molar-refractivity contribution >= 4 is 46.0 Å². The summed E-state index contributed by atoms with van der Waals surface area (Å²) in [5, 5.41) is 1.52. The number of aryl methyl sites for hydroxylation is 1. The molecule has 2 nitrogen and oxygen atoms in total. The first-order chi connectivity index (χ1) is 11.5. The molecule has 0 radical (unpaired) electrons. The van der Waals surface area contributed by atoms with Crippen molar-refractivity contribution in [3.05, 3.63) is 75.4 Å². The Morgan fingerprint density at radius 3 is 2.54 bits per heavy atom. The van der Waals surface area contributed by atoms with Crippen LogP contribution in [0.25, 0.3) is 0 Å². The first-order valence-corrected chi connectivity index (χ1v) is 8.60. The molecule has 1 aliphatic heterocycles. The Kier molecular flexibility index (Phi) is 3.75. The SMILES string of the molecule is CC1=C(Cl)C=C2C(=Nc3cc(C)c(Cl)cc3N2c2ccccc2)C1. The van der Waals surface area contributed by atoms with Crippen LogP contribution in [-0.2, 0) is 0 Å². The number of aliphatic imine (C=N–C) groups is 1. The Balaban J connectivity index is 2.00. The summed E-state index contributed by atoms with van der Waals surface area (Å²) in [4.78, 5) is 7.08. The predicted molar refractivity (Wildman–Crippen MR) is 103 cm³/mol. The minimum absolute atomic E-state index is 0.738. The zero-order valence-corrected chi connectivity index (χ0v) is 15.0. The number of rotatable bonds is 1. The second-order valence-corrected chi connectivity index (χ2v) is 6.97. The maximum atomic E-state index is 6.42. The molecule has 2 aliphatic rings. The van der Waals surface area contributed by atoms with Crippen LogP contribution in [0.15, 0.2) is 69.8 Å². The van der Waals surface area contributed by atoms with Crippen LogP contribution < -0.4 is 4.90 Å². The Bertz CT molecular complexity index is 924. The topological polar surface area (TPSA) is 15.6 Å². The third-order valence-electron chi connectivity index (χ3n) is 4.41. The summed E-state index contributed by atoms with van der Waals surface area (Å²) in [6.45, 7) is 4.05. The second-order valence-electron chi connectivity index (χ2n) is 6.15. The highest BCUT2D eigenvalue weighted by molar-refractivity contribution is 6.33. The van der Waals surface area contributed by atoms with Gasteiger partial charge in [0.15, 0.2) is 0 Å². The van der Waals surface area contributed by atoms with Crippen molar-refractivity contribution < 1.29 is 0 Å². The highest BCUT2D eigenvalue weighted by Crippen LogP contribution is 2.46. The van der Waals surface area contributed by atoms with E-state index in [4.69, 9.17) is 28.2 Å². The minimum Gasteiger partial charge on any atom is -0.306 e. The van der Waals surface area contributed by atoms with Crippen molar-refractivity contribution in [3.63, 3.8) is 0 Å². The Morgan fingerprint density at radius 2 is 1.79 bits per heavy atom. The van der Waals surface area contributed by atoms with Gasteiger partial charge in [-0.15, -0.1) is 0 Å². The first kappa shape index (κ1) is 15.5. The van der Waals surface area contributed by atoms with E-state index in [1.807, 2.05) is 50.3 Å². The molecule has 0 aromatic heterocycles. The van der Waals surface area contributed by atoms with Gasteiger partial charge in [-0.05, 0) is 55.3 Å². The first-order valence-electron chi connectivity index (χ1n) is 7.85. The van der Waals surface area contributed by atoms with Gasteiger partial charge in [0.2, 0.25) is 0 Å². The molecule has 0 unspecified atom stereocenters. The lowest BCUT2D eigenvalue weighted by atomic mass is 9.97. The number of nitrogens with zero attached hydrogens (tertiary/aromatic N) is 2. The molecule has 0 N–H and O–H groups in total. The van der Waals surface area contributed by atoms with Crippen LogP contribution in [0.2, 0.25) is 5.02 Å². The normalized spacial score (nSPS) is 16.4. The number of halogens is 2. The van der Waals surface area contributed by atoms with Crippen LogP contribution >= 0.6 is 23.2 Å². The van der Waals surface area contributed by atoms with E-state index in [2.05, 4.69) is 17.0 Å². The number of anilines is 2. The van der Waals surface area contributed by atoms with Crippen molar-refractivity contribution in [1.29, 1.82) is 0 Å². The average molecular weight is 355 g/mol. The molecule has 4 rings (SSSR count). The van der Waals surface area contributed by atoms with Gasteiger partial charge in [-0.25, -0.2) is 4.99 Å². The molecule has 0 saturated heterocycles. The third kappa shape index (κ3) is 2.47. The smallest absolute Gasteiger partial charge is 0.0878 e. The molecule has 2 aromatic carbocycles. The summed E-state index contributed by atoms with van der Waals surface area (Å²) in [6, 6.07) is 14.3. The van der Waals surface area contributed by atoms with Gasteiger partial charge in [0, 0.05) is 22.2 Å². The van der Waals surface area contributed by atoms with Crippen molar-refractivity contribution in [2.24, 2.45) is 4.99 Å². The molecule has 0 fully saturated rings. The Hall–Kier alpha value is -2.03. The minimum atomic E-state index is 0.738. The van der Waals surface area contributed by atoms with Crippen molar-refractivity contribution in [1.82, 2.24) is 0 Å². The third-order valence-corrected chi connectivity index (χ3v) is 5.25. The van der Waals surface area contributed by atoms with Gasteiger partial charge in [-0.2, -0.15) is 0 Å². The highest BCUT2D eigenvalue weighted by atomic mass is 35.5. The van der Waals surface area contributed by atoms with E-state index in [1.54, 1.807) is 0 Å². The second kappa shape index (κ2) is 5.80. The van der Waals surface area contributed by atoms with Crippen LogP contribution in [0.4, 0.5) is 17.1 Å². The van der Waals surface area contributed by atoms with Crippen LogP contribution in [0.1, 0.15) is 18.9 Å². The standard InChI is InChI=1S/C20H16Cl2N2/c1-12-8-17-19(10-15(12)21)24(14-6-4-3-5-7-14)20-11-16(22)13(2)9-18(20)23-17/h3-8,10-11H,9H2,1-2H3. The number of hydrogen-bond donors (Lipinski definition) is 0. The lowest BCUT2D eigenvalue weighted by Gasteiger charge is -2.35. The summed E-state index contributed by atoms with van der Waals surface area (Å²) in [7, 11) is 0. The van der Waals surface area contributed by atoms with Gasteiger partial charge >= 0.3 is 0 Å². The van der Waals surface area contributed by atoms with Crippen LogP contribution in [0, 0.1) is 6.92 Å². The van der Waals surface area contributed by atoms with Gasteiger partial charge in [-0.3, -0.25) is 0 Å². The molecule has 4 heteroatoms. The lowest BCUT2D eigenvalue weighted by Crippen LogP contribution is -2.28. The quantitative estimate of drug-likeness (QED) is 0.557. The summed E-state index contributed by atoms with van der Waals surface area (Å²) < 4.78 is 0. The molecule has 0 saturated carbocycles. The molecule has 0 atom stereocenters. The number of benzene rings is 2. The predicted octanol–water partition coefficient (Wildman–Crippen LogP) is 6.67. The molecular weight excluding hydrogens is 339 g/mol. The summed E-state index contributed by atoms with van der Waals surface area (Å²) >= 11 is 12.8. The van der Waals surface area contributed by atoms with Crippen LogP contribution in [0.5, 0.6) is 0 Å². The van der Waals surface area contributed by atoms with E-state index in [0.29, 0.717) is 0 Å². The number of allylic oxidation sites excluding steroid dienone is 4. The molecule has 0 bridgehead atoms. The summed E-state index contributed by atoms with van der Waals surface area (Å²) in [5.41, 5.74) is 7.22. The van der Waals surface area contributed by atoms with Crippen LogP contribution in [0.3, 0.4) is 0 Å². The van der Waals surface area contributed by atoms with E-state index in [1.165, 1.54) is 0 Å². The van der Waals surface area contributed by atoms with Gasteiger partial charge < -0.3 is 4.90 Å². The lowest BCUT2D eigenvalue weighted by molar-refractivity contribution is 1.11. The maximum absolute atomic E-state index is 6.42. The molecule has 24 heavy (non-hydrogen) atoms. The maximum Gasteiger partial charge on any atom is 0.0878 e. The molecule has 0 spiro atoms. The summed E-state index contributed by atoms with van der Waals surface area (Å²) in [6.07, 6.45) is 2.76. The van der Waals surface area contributed by atoms with E-state index < -0.39 is 0 Å².